The molecule has 7 nitrogen and oxygen atoms in total. The topological polar surface area (TPSA) is 101 Å². The Morgan fingerprint density at radius 3 is 2.55 bits per heavy atom. The molecule has 0 aliphatic carbocycles. The third kappa shape index (κ3) is 2.46. The number of carbonyl (C=O) groups is 2. The zero-order chi connectivity index (χ0) is 14.9. The van der Waals surface area contributed by atoms with E-state index in [2.05, 4.69) is 5.10 Å². The number of amides is 1. The highest BCUT2D eigenvalue weighted by molar-refractivity contribution is 6.07. The number of anilines is 2. The third-order valence-corrected chi connectivity index (χ3v) is 2.89. The van der Waals surface area contributed by atoms with Gasteiger partial charge in [0.05, 0.1) is 28.7 Å². The third-order valence-electron chi connectivity index (χ3n) is 2.89. The number of hydrogen-bond donors (Lipinski definition) is 2. The Morgan fingerprint density at radius 2 is 2.05 bits per heavy atom. The first-order valence-corrected chi connectivity index (χ1v) is 5.79. The van der Waals surface area contributed by atoms with E-state index in [0.29, 0.717) is 11.3 Å². The molecular weight excluding hydrogens is 260 g/mol. The van der Waals surface area contributed by atoms with Gasteiger partial charge in [-0.15, -0.1) is 0 Å². The quantitative estimate of drug-likeness (QED) is 0.812. The average Bonchev–Trinajstić information content (AvgIpc) is 2.83. The molecule has 0 aliphatic heterocycles. The number of nitrogen functional groups attached to an aromatic ring is 1. The fourth-order valence-electron chi connectivity index (χ4n) is 1.83. The molecule has 0 saturated heterocycles. The Morgan fingerprint density at radius 1 is 1.35 bits per heavy atom. The lowest BCUT2D eigenvalue weighted by Crippen LogP contribution is -2.26. The van der Waals surface area contributed by atoms with Crippen molar-refractivity contribution in [2.24, 2.45) is 7.05 Å². The molecule has 2 aromatic rings. The lowest BCUT2D eigenvalue weighted by Gasteiger charge is -2.18. The van der Waals surface area contributed by atoms with Crippen LogP contribution in [0.5, 0.6) is 0 Å². The average molecular weight is 274 g/mol. The Kier molecular flexibility index (Phi) is 3.43. The lowest BCUT2D eigenvalue weighted by molar-refractivity contribution is 0.0697. The van der Waals surface area contributed by atoms with Crippen LogP contribution in [0.4, 0.5) is 11.4 Å². The number of nitrogens with zero attached hydrogens (tertiary/aromatic N) is 3. The molecule has 1 aromatic carbocycles. The first-order valence-electron chi connectivity index (χ1n) is 5.79. The highest BCUT2D eigenvalue weighted by Gasteiger charge is 2.18. The van der Waals surface area contributed by atoms with E-state index >= 15 is 0 Å². The molecule has 0 aliphatic rings. The highest BCUT2D eigenvalue weighted by atomic mass is 16.4. The van der Waals surface area contributed by atoms with E-state index in [-0.39, 0.29) is 17.2 Å². The summed E-state index contributed by atoms with van der Waals surface area (Å²) in [6.45, 7) is 0. The van der Waals surface area contributed by atoms with E-state index in [1.165, 1.54) is 34.0 Å². The molecule has 1 amide bonds. The number of carboxylic acid groups (broad SMARTS) is 1. The number of aromatic carboxylic acids is 1. The number of benzene rings is 1. The van der Waals surface area contributed by atoms with Crippen LogP contribution in [-0.2, 0) is 7.05 Å². The van der Waals surface area contributed by atoms with E-state index in [4.69, 9.17) is 10.8 Å². The second-order valence-corrected chi connectivity index (χ2v) is 4.35. The molecule has 20 heavy (non-hydrogen) atoms. The lowest BCUT2D eigenvalue weighted by atomic mass is 10.1. The summed E-state index contributed by atoms with van der Waals surface area (Å²) >= 11 is 0. The number of rotatable bonds is 3. The first kappa shape index (κ1) is 13.6. The minimum Gasteiger partial charge on any atom is -0.478 e. The van der Waals surface area contributed by atoms with Crippen molar-refractivity contribution in [2.75, 3.05) is 17.7 Å². The van der Waals surface area contributed by atoms with Gasteiger partial charge in [-0.05, 0) is 18.2 Å². The van der Waals surface area contributed by atoms with Gasteiger partial charge in [-0.2, -0.15) is 5.10 Å². The van der Waals surface area contributed by atoms with Crippen molar-refractivity contribution in [2.45, 2.75) is 0 Å². The Balaban J connectivity index is 2.31. The zero-order valence-corrected chi connectivity index (χ0v) is 11.1. The molecule has 0 fully saturated rings. The van der Waals surface area contributed by atoms with Crippen molar-refractivity contribution in [3.05, 3.63) is 41.7 Å². The minimum atomic E-state index is -1.07. The predicted octanol–water partition coefficient (Wildman–Crippen LogP) is 0.977. The van der Waals surface area contributed by atoms with Crippen molar-refractivity contribution < 1.29 is 14.7 Å². The zero-order valence-electron chi connectivity index (χ0n) is 11.1. The summed E-state index contributed by atoms with van der Waals surface area (Å²) in [5.41, 5.74) is 6.98. The molecule has 3 N–H and O–H groups in total. The van der Waals surface area contributed by atoms with Crippen molar-refractivity contribution in [1.29, 1.82) is 0 Å². The van der Waals surface area contributed by atoms with Gasteiger partial charge >= 0.3 is 5.97 Å². The summed E-state index contributed by atoms with van der Waals surface area (Å²) in [4.78, 5) is 24.4. The van der Waals surface area contributed by atoms with Crippen LogP contribution in [0, 0.1) is 0 Å². The van der Waals surface area contributed by atoms with Crippen LogP contribution >= 0.6 is 0 Å². The van der Waals surface area contributed by atoms with Crippen molar-refractivity contribution in [3.8, 4) is 0 Å². The van der Waals surface area contributed by atoms with Crippen LogP contribution in [0.3, 0.4) is 0 Å². The smallest absolute Gasteiger partial charge is 0.335 e. The number of hydrogen-bond acceptors (Lipinski definition) is 4. The normalized spacial score (nSPS) is 10.3. The van der Waals surface area contributed by atoms with Crippen molar-refractivity contribution in [1.82, 2.24) is 9.78 Å². The van der Waals surface area contributed by atoms with Gasteiger partial charge in [0.25, 0.3) is 5.91 Å². The molecule has 0 spiro atoms. The summed E-state index contributed by atoms with van der Waals surface area (Å²) < 4.78 is 1.53. The van der Waals surface area contributed by atoms with Crippen molar-refractivity contribution in [3.63, 3.8) is 0 Å². The van der Waals surface area contributed by atoms with E-state index in [9.17, 15) is 9.59 Å². The van der Waals surface area contributed by atoms with Gasteiger partial charge in [-0.3, -0.25) is 9.48 Å². The summed E-state index contributed by atoms with van der Waals surface area (Å²) in [7, 11) is 3.29. The van der Waals surface area contributed by atoms with Crippen LogP contribution < -0.4 is 10.6 Å². The fourth-order valence-corrected chi connectivity index (χ4v) is 1.83. The number of carboxylic acids is 1. The predicted molar refractivity (Wildman–Crippen MR) is 73.8 cm³/mol. The minimum absolute atomic E-state index is 0.0773. The summed E-state index contributed by atoms with van der Waals surface area (Å²) in [5.74, 6) is -1.34. The maximum atomic E-state index is 12.2. The SMILES string of the molecule is CN(C(=O)c1cnn(C)c1)c1ccc(C(=O)O)cc1N. The number of aryl methyl sites for hydroxylation is 1. The highest BCUT2D eigenvalue weighted by Crippen LogP contribution is 2.24. The Hall–Kier alpha value is -2.83. The van der Waals surface area contributed by atoms with Gasteiger partial charge < -0.3 is 15.7 Å². The maximum Gasteiger partial charge on any atom is 0.335 e. The summed E-state index contributed by atoms with van der Waals surface area (Å²) in [6, 6.07) is 4.23. The Bertz CT molecular complexity index is 678. The molecule has 7 heteroatoms. The van der Waals surface area contributed by atoms with Crippen LogP contribution in [0.1, 0.15) is 20.7 Å². The van der Waals surface area contributed by atoms with E-state index < -0.39 is 5.97 Å². The van der Waals surface area contributed by atoms with Crippen molar-refractivity contribution >= 4 is 23.3 Å². The first-order chi connectivity index (χ1) is 9.40. The molecule has 2 rings (SSSR count). The molecule has 0 atom stereocenters. The van der Waals surface area contributed by atoms with Crippen LogP contribution in [0.15, 0.2) is 30.6 Å². The summed E-state index contributed by atoms with van der Waals surface area (Å²) in [6.07, 6.45) is 3.06. The van der Waals surface area contributed by atoms with Crippen LogP contribution in [0.2, 0.25) is 0 Å². The van der Waals surface area contributed by atoms with Gasteiger partial charge in [-0.25, -0.2) is 4.79 Å². The Labute approximate surface area is 115 Å². The number of carbonyl (C=O) groups excluding carboxylic acids is 1. The maximum absolute atomic E-state index is 12.2. The van der Waals surface area contributed by atoms with Gasteiger partial charge in [-0.1, -0.05) is 0 Å². The molecule has 0 radical (unpaired) electrons. The van der Waals surface area contributed by atoms with E-state index in [1.54, 1.807) is 20.3 Å². The summed E-state index contributed by atoms with van der Waals surface area (Å²) in [5, 5.41) is 12.8. The molecular formula is C13H14N4O3. The van der Waals surface area contributed by atoms with E-state index in [1.807, 2.05) is 0 Å². The largest absolute Gasteiger partial charge is 0.478 e. The van der Waals surface area contributed by atoms with Gasteiger partial charge in [0, 0.05) is 20.3 Å². The van der Waals surface area contributed by atoms with Crippen LogP contribution in [0.25, 0.3) is 0 Å². The molecule has 0 bridgehead atoms. The molecule has 1 aromatic heterocycles. The molecule has 0 unspecified atom stereocenters. The second-order valence-electron chi connectivity index (χ2n) is 4.35. The monoisotopic (exact) mass is 274 g/mol. The standard InChI is InChI=1S/C13H14N4O3/c1-16-7-9(6-15-16)12(18)17(2)11-4-3-8(13(19)20)5-10(11)14/h3-7H,14H2,1-2H3,(H,19,20). The van der Waals surface area contributed by atoms with Crippen LogP contribution in [-0.4, -0.2) is 33.8 Å². The van der Waals surface area contributed by atoms with Gasteiger partial charge in [0.1, 0.15) is 0 Å². The molecule has 0 saturated carbocycles. The second kappa shape index (κ2) is 5.04. The van der Waals surface area contributed by atoms with E-state index in [0.717, 1.165) is 0 Å². The fraction of sp³-hybridized carbons (Fsp3) is 0.154. The number of nitrogens with two attached hydrogens (primary N) is 1. The number of aromatic nitrogens is 2. The van der Waals surface area contributed by atoms with Gasteiger partial charge in [0.15, 0.2) is 0 Å². The molecule has 1 heterocycles. The van der Waals surface area contributed by atoms with Gasteiger partial charge in [0.2, 0.25) is 0 Å². The molecule has 104 valence electrons.